The summed E-state index contributed by atoms with van der Waals surface area (Å²) in [4.78, 5) is 4.05. The molecular formula is C13H8F2IN3. The number of aromatic nitrogens is 2. The van der Waals surface area contributed by atoms with Crippen molar-refractivity contribution in [2.24, 2.45) is 0 Å². The van der Waals surface area contributed by atoms with Gasteiger partial charge in [-0.3, -0.25) is 4.57 Å². The Labute approximate surface area is 121 Å². The molecule has 0 bridgehead atoms. The van der Waals surface area contributed by atoms with Gasteiger partial charge in [0.1, 0.15) is 5.52 Å². The lowest BCUT2D eigenvalue weighted by atomic mass is 10.2. The Balaban J connectivity index is 2.40. The van der Waals surface area contributed by atoms with E-state index in [0.29, 0.717) is 11.2 Å². The topological polar surface area (TPSA) is 43.8 Å². The third-order valence-electron chi connectivity index (χ3n) is 2.80. The van der Waals surface area contributed by atoms with Crippen molar-refractivity contribution < 1.29 is 8.78 Å². The van der Waals surface area contributed by atoms with Crippen molar-refractivity contribution in [2.75, 3.05) is 5.73 Å². The average molecular weight is 371 g/mol. The van der Waals surface area contributed by atoms with E-state index in [0.717, 1.165) is 9.64 Å². The van der Waals surface area contributed by atoms with E-state index in [-0.39, 0.29) is 11.5 Å². The molecule has 1 heterocycles. The van der Waals surface area contributed by atoms with Crippen LogP contribution in [0.1, 0.15) is 0 Å². The second-order valence-electron chi connectivity index (χ2n) is 4.01. The number of hydrogen-bond acceptors (Lipinski definition) is 2. The summed E-state index contributed by atoms with van der Waals surface area (Å²) in [7, 11) is 0. The summed E-state index contributed by atoms with van der Waals surface area (Å²) in [6.07, 6.45) is 0. The number of anilines is 1. The van der Waals surface area contributed by atoms with Crippen molar-refractivity contribution in [3.63, 3.8) is 0 Å². The summed E-state index contributed by atoms with van der Waals surface area (Å²) in [6.45, 7) is 0. The van der Waals surface area contributed by atoms with Gasteiger partial charge < -0.3 is 5.73 Å². The molecular weight excluding hydrogens is 363 g/mol. The van der Waals surface area contributed by atoms with Gasteiger partial charge in [-0.25, -0.2) is 13.8 Å². The first-order chi connectivity index (χ1) is 9.08. The van der Waals surface area contributed by atoms with Gasteiger partial charge in [-0.2, -0.15) is 0 Å². The summed E-state index contributed by atoms with van der Waals surface area (Å²) < 4.78 is 29.7. The minimum atomic E-state index is -0.944. The molecule has 0 atom stereocenters. The smallest absolute Gasteiger partial charge is 0.206 e. The van der Waals surface area contributed by atoms with Gasteiger partial charge in [0.05, 0.1) is 11.2 Å². The van der Waals surface area contributed by atoms with Crippen molar-refractivity contribution in [3.05, 3.63) is 51.6 Å². The fraction of sp³-hybridized carbons (Fsp3) is 0. The molecule has 0 saturated heterocycles. The van der Waals surface area contributed by atoms with Gasteiger partial charge in [0.2, 0.25) is 5.95 Å². The highest BCUT2D eigenvalue weighted by atomic mass is 127. The fourth-order valence-electron chi connectivity index (χ4n) is 2.00. The molecule has 0 aliphatic carbocycles. The van der Waals surface area contributed by atoms with Crippen LogP contribution >= 0.6 is 22.6 Å². The van der Waals surface area contributed by atoms with E-state index in [4.69, 9.17) is 5.73 Å². The molecule has 3 nitrogen and oxygen atoms in total. The predicted octanol–water partition coefficient (Wildman–Crippen LogP) is 3.49. The highest BCUT2D eigenvalue weighted by Crippen LogP contribution is 2.27. The number of nitrogen functional groups attached to an aromatic ring is 1. The van der Waals surface area contributed by atoms with Gasteiger partial charge in [-0.1, -0.05) is 6.07 Å². The fourth-order valence-corrected chi connectivity index (χ4v) is 2.52. The monoisotopic (exact) mass is 371 g/mol. The Morgan fingerprint density at radius 1 is 1.16 bits per heavy atom. The summed E-state index contributed by atoms with van der Waals surface area (Å²) in [6, 6.07) is 9.76. The molecule has 0 aliphatic rings. The maximum Gasteiger partial charge on any atom is 0.206 e. The number of imidazole rings is 1. The van der Waals surface area contributed by atoms with Gasteiger partial charge >= 0.3 is 0 Å². The number of hydrogen-bond donors (Lipinski definition) is 1. The van der Waals surface area contributed by atoms with Crippen LogP contribution in [0.15, 0.2) is 36.4 Å². The van der Waals surface area contributed by atoms with Gasteiger partial charge in [0.25, 0.3) is 0 Å². The zero-order valence-electron chi connectivity index (χ0n) is 9.57. The summed E-state index contributed by atoms with van der Waals surface area (Å²) in [5.41, 5.74) is 6.85. The quantitative estimate of drug-likeness (QED) is 0.666. The molecule has 3 aromatic rings. The number of nitrogens with two attached hydrogens (primary N) is 1. The standard InChI is InChI=1S/C13H8F2IN3/c14-9-4-5-10-12(11(9)15)19(13(17)18-10)8-3-1-2-7(16)6-8/h1-6H,(H2,17,18). The maximum absolute atomic E-state index is 14.0. The Morgan fingerprint density at radius 2 is 1.95 bits per heavy atom. The largest absolute Gasteiger partial charge is 0.369 e. The van der Waals surface area contributed by atoms with Crippen molar-refractivity contribution in [3.8, 4) is 5.69 Å². The molecule has 0 radical (unpaired) electrons. The summed E-state index contributed by atoms with van der Waals surface area (Å²) >= 11 is 2.14. The van der Waals surface area contributed by atoms with E-state index in [1.54, 1.807) is 6.07 Å². The molecule has 0 unspecified atom stereocenters. The number of fused-ring (bicyclic) bond motifs is 1. The lowest BCUT2D eigenvalue weighted by Gasteiger charge is -2.07. The van der Waals surface area contributed by atoms with Crippen LogP contribution in [-0.2, 0) is 0 Å². The number of nitrogens with zero attached hydrogens (tertiary/aromatic N) is 2. The van der Waals surface area contributed by atoms with Crippen LogP contribution in [-0.4, -0.2) is 9.55 Å². The van der Waals surface area contributed by atoms with E-state index in [2.05, 4.69) is 27.6 Å². The minimum absolute atomic E-state index is 0.0551. The highest BCUT2D eigenvalue weighted by Gasteiger charge is 2.17. The number of halogens is 3. The molecule has 0 amide bonds. The second-order valence-corrected chi connectivity index (χ2v) is 5.26. The molecule has 0 spiro atoms. The maximum atomic E-state index is 14.0. The van der Waals surface area contributed by atoms with E-state index in [1.165, 1.54) is 10.6 Å². The molecule has 96 valence electrons. The van der Waals surface area contributed by atoms with Crippen LogP contribution < -0.4 is 5.73 Å². The van der Waals surface area contributed by atoms with Crippen molar-refractivity contribution in [2.45, 2.75) is 0 Å². The molecule has 6 heteroatoms. The van der Waals surface area contributed by atoms with Crippen LogP contribution in [0, 0.1) is 15.2 Å². The van der Waals surface area contributed by atoms with Crippen molar-refractivity contribution in [1.82, 2.24) is 9.55 Å². The zero-order chi connectivity index (χ0) is 13.6. The first-order valence-electron chi connectivity index (χ1n) is 5.46. The van der Waals surface area contributed by atoms with E-state index < -0.39 is 11.6 Å². The Hall–Kier alpha value is -1.70. The van der Waals surface area contributed by atoms with Gasteiger partial charge in [-0.15, -0.1) is 0 Å². The zero-order valence-corrected chi connectivity index (χ0v) is 11.7. The van der Waals surface area contributed by atoms with Crippen LogP contribution in [0.2, 0.25) is 0 Å². The van der Waals surface area contributed by atoms with Crippen molar-refractivity contribution in [1.29, 1.82) is 0 Å². The lowest BCUT2D eigenvalue weighted by molar-refractivity contribution is 0.514. The molecule has 0 fully saturated rings. The van der Waals surface area contributed by atoms with Crippen LogP contribution in [0.5, 0.6) is 0 Å². The van der Waals surface area contributed by atoms with Gasteiger partial charge in [-0.05, 0) is 52.9 Å². The van der Waals surface area contributed by atoms with Crippen LogP contribution in [0.25, 0.3) is 16.7 Å². The Kier molecular flexibility index (Phi) is 2.89. The number of benzene rings is 2. The minimum Gasteiger partial charge on any atom is -0.369 e. The molecule has 3 rings (SSSR count). The Morgan fingerprint density at radius 3 is 2.68 bits per heavy atom. The molecule has 19 heavy (non-hydrogen) atoms. The van der Waals surface area contributed by atoms with E-state index in [1.807, 2.05) is 18.2 Å². The third-order valence-corrected chi connectivity index (χ3v) is 3.47. The second kappa shape index (κ2) is 4.44. The van der Waals surface area contributed by atoms with E-state index >= 15 is 0 Å². The van der Waals surface area contributed by atoms with Crippen LogP contribution in [0.3, 0.4) is 0 Å². The highest BCUT2D eigenvalue weighted by molar-refractivity contribution is 14.1. The molecule has 0 aliphatic heterocycles. The molecule has 2 aromatic carbocycles. The van der Waals surface area contributed by atoms with E-state index in [9.17, 15) is 8.78 Å². The summed E-state index contributed by atoms with van der Waals surface area (Å²) in [5, 5.41) is 0. The number of rotatable bonds is 1. The molecule has 0 saturated carbocycles. The third kappa shape index (κ3) is 1.95. The Bertz CT molecular complexity index is 783. The first-order valence-corrected chi connectivity index (χ1v) is 6.53. The summed E-state index contributed by atoms with van der Waals surface area (Å²) in [5.74, 6) is -1.73. The van der Waals surface area contributed by atoms with Crippen LogP contribution in [0.4, 0.5) is 14.7 Å². The first kappa shape index (κ1) is 12.3. The normalized spacial score (nSPS) is 11.1. The average Bonchev–Trinajstić information content (AvgIpc) is 2.71. The molecule has 1 aromatic heterocycles. The molecule has 2 N–H and O–H groups in total. The SMILES string of the molecule is Nc1nc2ccc(F)c(F)c2n1-c1cccc(I)c1. The predicted molar refractivity (Wildman–Crippen MR) is 78.1 cm³/mol. The van der Waals surface area contributed by atoms with Crippen molar-refractivity contribution >= 4 is 39.6 Å². The van der Waals surface area contributed by atoms with Gasteiger partial charge in [0, 0.05) is 3.57 Å². The lowest BCUT2D eigenvalue weighted by Crippen LogP contribution is -2.02. The van der Waals surface area contributed by atoms with Gasteiger partial charge in [0.15, 0.2) is 11.6 Å².